The van der Waals surface area contributed by atoms with Gasteiger partial charge in [0.25, 0.3) is 11.8 Å². The fourth-order valence-corrected chi connectivity index (χ4v) is 8.85. The summed E-state index contributed by atoms with van der Waals surface area (Å²) in [4.78, 5) is 80.0. The fraction of sp³-hybridized carbons (Fsp3) is 0.519. The summed E-state index contributed by atoms with van der Waals surface area (Å²) >= 11 is 0. The number of rotatable bonds is 21. The van der Waals surface area contributed by atoms with Gasteiger partial charge in [-0.05, 0) is 62.9 Å². The summed E-state index contributed by atoms with van der Waals surface area (Å²) in [6.07, 6.45) is 1.63. The molecule has 74 heavy (non-hydrogen) atoms. The van der Waals surface area contributed by atoms with Crippen molar-refractivity contribution in [3.63, 3.8) is 0 Å². The maximum atomic E-state index is 14.5. The lowest BCUT2D eigenvalue weighted by Gasteiger charge is -2.36. The number of nitrogens with one attached hydrogen (secondary N) is 5. The first-order chi connectivity index (χ1) is 35.3. The van der Waals surface area contributed by atoms with E-state index in [1.807, 2.05) is 58.0 Å². The van der Waals surface area contributed by atoms with Gasteiger partial charge in [0, 0.05) is 50.3 Å². The van der Waals surface area contributed by atoms with Crippen molar-refractivity contribution in [1.29, 1.82) is 5.26 Å². The van der Waals surface area contributed by atoms with Gasteiger partial charge < -0.3 is 56.3 Å². The number of nitriles is 1. The predicted molar refractivity (Wildman–Crippen MR) is 272 cm³/mol. The van der Waals surface area contributed by atoms with Gasteiger partial charge in [-0.1, -0.05) is 58.0 Å². The van der Waals surface area contributed by atoms with Gasteiger partial charge in [-0.15, -0.1) is 0 Å². The molecule has 2 aromatic heterocycles. The Morgan fingerprint density at radius 2 is 1.77 bits per heavy atom. The van der Waals surface area contributed by atoms with Crippen molar-refractivity contribution < 1.29 is 42.6 Å². The van der Waals surface area contributed by atoms with E-state index in [-0.39, 0.29) is 122 Å². The van der Waals surface area contributed by atoms with E-state index in [2.05, 4.69) is 47.7 Å². The van der Waals surface area contributed by atoms with E-state index in [0.717, 1.165) is 5.56 Å². The minimum Gasteiger partial charge on any atom is -0.467 e. The molecule has 22 heteroatoms. The molecule has 4 heterocycles. The molecule has 1 unspecified atom stereocenters. The van der Waals surface area contributed by atoms with Gasteiger partial charge in [0.2, 0.25) is 23.6 Å². The molecule has 398 valence electrons. The van der Waals surface area contributed by atoms with Crippen LogP contribution in [-0.2, 0) is 41.7 Å². The highest BCUT2D eigenvalue weighted by Gasteiger charge is 2.45. The Balaban J connectivity index is 0.977. The summed E-state index contributed by atoms with van der Waals surface area (Å²) in [5, 5.41) is 30.0. The van der Waals surface area contributed by atoms with Gasteiger partial charge in [0.15, 0.2) is 11.5 Å². The monoisotopic (exact) mass is 1020 g/mol. The second-order valence-corrected chi connectivity index (χ2v) is 19.5. The number of likely N-dealkylation sites (tertiary alicyclic amines) is 1. The Bertz CT molecular complexity index is 2660. The van der Waals surface area contributed by atoms with Crippen molar-refractivity contribution >= 4 is 35.4 Å². The van der Waals surface area contributed by atoms with Crippen LogP contribution in [0.5, 0.6) is 5.88 Å². The van der Waals surface area contributed by atoms with E-state index >= 15 is 0 Å². The Labute approximate surface area is 431 Å². The molecule has 0 aliphatic carbocycles. The number of fused-ring (bicyclic) bond motifs is 5. The van der Waals surface area contributed by atoms with Gasteiger partial charge in [-0.25, -0.2) is 14.4 Å². The molecule has 2 aliphatic rings. The number of nitrogens with zero attached hydrogens (tertiary/aromatic N) is 7. The van der Waals surface area contributed by atoms with E-state index in [4.69, 9.17) is 19.9 Å². The lowest BCUT2D eigenvalue weighted by atomic mass is 9.85. The third-order valence-corrected chi connectivity index (χ3v) is 13.1. The number of hydrogen-bond acceptors (Lipinski definition) is 15. The van der Waals surface area contributed by atoms with Crippen molar-refractivity contribution in [1.82, 2.24) is 56.1 Å². The number of ether oxygens (including phenoxy) is 3. The highest BCUT2D eigenvalue weighted by Crippen LogP contribution is 2.34. The van der Waals surface area contributed by atoms with Crippen LogP contribution in [0.15, 0.2) is 54.7 Å². The first-order valence-electron chi connectivity index (χ1n) is 25.0. The zero-order valence-electron chi connectivity index (χ0n) is 43.5. The number of amides is 5. The minimum absolute atomic E-state index is 0.0130. The van der Waals surface area contributed by atoms with Gasteiger partial charge in [0.1, 0.15) is 30.1 Å². The fourth-order valence-electron chi connectivity index (χ4n) is 8.85. The molecule has 1 fully saturated rings. The van der Waals surface area contributed by atoms with Crippen LogP contribution in [0.1, 0.15) is 106 Å². The number of likely N-dealkylation sites (N-methyl/N-ethyl adjacent to an activating group) is 1. The van der Waals surface area contributed by atoms with Crippen molar-refractivity contribution in [2.24, 2.45) is 5.41 Å². The second kappa shape index (κ2) is 25.7. The number of carbonyl (C=O) groups is 5. The number of benzene rings is 2. The molecule has 5 amide bonds. The number of nitrogen functional groups attached to an aromatic ring is 1. The SMILES string of the molecule is CC[C@@H](NC(=O)[C@@H]1C[C@H](NCCOCCOCCC(=O)NCCn2nc(C#N)c3c2CN(C)C(=O)c2ccc(F)cc2[C@@H](C)Oc2nc-3cnc2N)CN1C(=O)C(NC(=O)[C@H](C)NC)C(C)(C)C)c1ccccc1. The molecule has 7 N–H and O–H groups in total. The molecular formula is C52H70FN13O8. The van der Waals surface area contributed by atoms with Gasteiger partial charge in [-0.2, -0.15) is 10.4 Å². The zero-order chi connectivity index (χ0) is 53.7. The van der Waals surface area contributed by atoms with Crippen molar-refractivity contribution in [3.05, 3.63) is 88.6 Å². The van der Waals surface area contributed by atoms with Crippen LogP contribution in [0.25, 0.3) is 11.3 Å². The first-order valence-corrected chi connectivity index (χ1v) is 25.0. The molecule has 2 aromatic carbocycles. The van der Waals surface area contributed by atoms with E-state index in [0.29, 0.717) is 37.3 Å². The highest BCUT2D eigenvalue weighted by molar-refractivity contribution is 5.96. The molecular weight excluding hydrogens is 954 g/mol. The standard InChI is InChI=1S/C52H70FN13O8/c1-9-38(33-13-11-10-12-14-33)60-48(69)41-26-35(29-65(41)51(71)45(52(4,5)6)62-47(68)31(2)56-7)57-19-22-73-24-23-72-21-17-43(67)58-18-20-66-42-30-64(8)50(70)36-16-15-34(53)25-37(36)32(3)74-49-46(55)59-28-40(61-49)44(42)39(27-54)63-66/h10-16,25,28,31-32,35,38,41,45,56-57H,9,17-24,26,29-30H2,1-8H3,(H2,55,59)(H,58,67)(H,60,69)(H,62,68)/t31-,32+,35-,38+,41-,45?/m0/s1. The molecule has 2 aliphatic heterocycles. The third kappa shape index (κ3) is 14.2. The van der Waals surface area contributed by atoms with E-state index in [1.54, 1.807) is 32.8 Å². The van der Waals surface area contributed by atoms with Crippen LogP contribution in [0, 0.1) is 22.6 Å². The number of halogens is 1. The van der Waals surface area contributed by atoms with Crippen LogP contribution >= 0.6 is 0 Å². The number of hydrogen-bond donors (Lipinski definition) is 6. The molecule has 0 radical (unpaired) electrons. The maximum absolute atomic E-state index is 14.5. The predicted octanol–water partition coefficient (Wildman–Crippen LogP) is 3.16. The molecule has 6 rings (SSSR count). The van der Waals surface area contributed by atoms with Crippen molar-refractivity contribution in [2.45, 2.75) is 110 Å². The summed E-state index contributed by atoms with van der Waals surface area (Å²) in [6.45, 7) is 12.9. The van der Waals surface area contributed by atoms with Crippen LogP contribution in [0.2, 0.25) is 0 Å². The number of anilines is 1. The molecule has 2 bridgehead atoms. The summed E-state index contributed by atoms with van der Waals surface area (Å²) in [5.41, 5.74) is 7.93. The summed E-state index contributed by atoms with van der Waals surface area (Å²) < 4.78 is 33.5. The van der Waals surface area contributed by atoms with Crippen molar-refractivity contribution in [2.75, 3.05) is 65.9 Å². The maximum Gasteiger partial charge on any atom is 0.258 e. The normalized spacial score (nSPS) is 17.8. The summed E-state index contributed by atoms with van der Waals surface area (Å²) in [7, 11) is 3.25. The van der Waals surface area contributed by atoms with Gasteiger partial charge in [-0.3, -0.25) is 28.7 Å². The molecule has 21 nitrogen and oxygen atoms in total. The van der Waals surface area contributed by atoms with Crippen LogP contribution in [-0.4, -0.2) is 143 Å². The smallest absolute Gasteiger partial charge is 0.258 e. The van der Waals surface area contributed by atoms with E-state index < -0.39 is 41.4 Å². The van der Waals surface area contributed by atoms with Gasteiger partial charge in [0.05, 0.1) is 74.7 Å². The number of aromatic nitrogens is 4. The average molecular weight is 1020 g/mol. The molecule has 0 spiro atoms. The Morgan fingerprint density at radius 1 is 1.04 bits per heavy atom. The van der Waals surface area contributed by atoms with Crippen molar-refractivity contribution in [3.8, 4) is 23.2 Å². The van der Waals surface area contributed by atoms with Crippen LogP contribution in [0.3, 0.4) is 0 Å². The summed E-state index contributed by atoms with van der Waals surface area (Å²) in [6, 6.07) is 13.0. The Kier molecular flexibility index (Phi) is 19.6. The van der Waals surface area contributed by atoms with Crippen LogP contribution in [0.4, 0.5) is 10.2 Å². The molecule has 0 saturated carbocycles. The second-order valence-electron chi connectivity index (χ2n) is 19.5. The molecule has 6 atom stereocenters. The van der Waals surface area contributed by atoms with E-state index in [1.165, 1.54) is 34.0 Å². The molecule has 4 aromatic rings. The first kappa shape index (κ1) is 56.2. The lowest BCUT2D eigenvalue weighted by molar-refractivity contribution is -0.144. The average Bonchev–Trinajstić information content (AvgIpc) is 3.97. The summed E-state index contributed by atoms with van der Waals surface area (Å²) in [5.74, 6) is -2.28. The largest absolute Gasteiger partial charge is 0.467 e. The number of carbonyl (C=O) groups excluding carboxylic acids is 5. The lowest BCUT2D eigenvalue weighted by Crippen LogP contribution is -2.59. The minimum atomic E-state index is -0.879. The Hall–Kier alpha value is -7.06. The quantitative estimate of drug-likeness (QED) is 0.0655. The Morgan fingerprint density at radius 3 is 2.46 bits per heavy atom. The molecule has 1 saturated heterocycles. The van der Waals surface area contributed by atoms with E-state index in [9.17, 15) is 33.6 Å². The zero-order valence-corrected chi connectivity index (χ0v) is 43.5. The van der Waals surface area contributed by atoms with Gasteiger partial charge >= 0.3 is 0 Å². The topological polar surface area (TPSA) is 273 Å². The third-order valence-electron chi connectivity index (χ3n) is 13.1. The highest BCUT2D eigenvalue weighted by atomic mass is 19.1. The number of nitrogens with two attached hydrogens (primary N) is 1. The van der Waals surface area contributed by atoms with Crippen LogP contribution < -0.4 is 37.1 Å².